The summed E-state index contributed by atoms with van der Waals surface area (Å²) in [6, 6.07) is -0.321. The highest BCUT2D eigenvalue weighted by atomic mass is 19.4. The highest BCUT2D eigenvalue weighted by Crippen LogP contribution is 2.41. The number of aromatic nitrogens is 4. The lowest BCUT2D eigenvalue weighted by Crippen LogP contribution is -2.47. The SMILES string of the molecule is CN(c1nc2nc([C@@H](N)C3CCC(F)(F)CC3)cn2nc1C[C@H]1C[C@@H](C(F)(F)F)CNC1=O)C1CC1. The van der Waals surface area contributed by atoms with Crippen LogP contribution in [0.5, 0.6) is 0 Å². The maximum atomic E-state index is 13.6. The van der Waals surface area contributed by atoms with Crippen LogP contribution in [0.4, 0.5) is 27.8 Å². The van der Waals surface area contributed by atoms with E-state index in [1.807, 2.05) is 11.9 Å². The molecule has 2 aromatic rings. The predicted molar refractivity (Wildman–Crippen MR) is 120 cm³/mol. The fourth-order valence-corrected chi connectivity index (χ4v) is 5.30. The van der Waals surface area contributed by atoms with Crippen LogP contribution in [0.15, 0.2) is 6.20 Å². The van der Waals surface area contributed by atoms with Crippen molar-refractivity contribution >= 4 is 17.5 Å². The number of amides is 1. The van der Waals surface area contributed by atoms with Crippen molar-refractivity contribution in [2.75, 3.05) is 18.5 Å². The summed E-state index contributed by atoms with van der Waals surface area (Å²) >= 11 is 0. The van der Waals surface area contributed by atoms with Crippen molar-refractivity contribution in [3.63, 3.8) is 0 Å². The van der Waals surface area contributed by atoms with Gasteiger partial charge in [-0.1, -0.05) is 0 Å². The van der Waals surface area contributed by atoms with Gasteiger partial charge in [0.2, 0.25) is 11.8 Å². The van der Waals surface area contributed by atoms with Crippen LogP contribution in [0.25, 0.3) is 5.78 Å². The molecule has 36 heavy (non-hydrogen) atoms. The fraction of sp³-hybridized carbons (Fsp3) is 0.739. The minimum absolute atomic E-state index is 0.00498. The molecule has 5 rings (SSSR count). The third-order valence-corrected chi connectivity index (χ3v) is 7.79. The Morgan fingerprint density at radius 1 is 1.22 bits per heavy atom. The number of imidazole rings is 1. The van der Waals surface area contributed by atoms with Crippen molar-refractivity contribution < 1.29 is 26.7 Å². The molecule has 198 valence electrons. The van der Waals surface area contributed by atoms with Gasteiger partial charge in [-0.25, -0.2) is 18.3 Å². The number of nitrogens with zero attached hydrogens (tertiary/aromatic N) is 5. The molecule has 3 heterocycles. The molecule has 3 fully saturated rings. The Balaban J connectivity index is 1.43. The Labute approximate surface area is 204 Å². The van der Waals surface area contributed by atoms with Crippen LogP contribution in [0, 0.1) is 17.8 Å². The molecular weight excluding hydrogens is 485 g/mol. The number of hydrogen-bond donors (Lipinski definition) is 2. The second kappa shape index (κ2) is 9.07. The summed E-state index contributed by atoms with van der Waals surface area (Å²) < 4.78 is 68.6. The molecule has 0 spiro atoms. The quantitative estimate of drug-likeness (QED) is 0.572. The number of fused-ring (bicyclic) bond motifs is 1. The molecular formula is C23H30F5N7O. The van der Waals surface area contributed by atoms with Gasteiger partial charge in [0.25, 0.3) is 5.78 Å². The zero-order chi connectivity index (χ0) is 25.8. The van der Waals surface area contributed by atoms with Gasteiger partial charge in [-0.05, 0) is 38.0 Å². The molecule has 13 heteroatoms. The number of nitrogens with two attached hydrogens (primary N) is 1. The lowest BCUT2D eigenvalue weighted by Gasteiger charge is -2.31. The number of anilines is 1. The number of piperidine rings is 1. The van der Waals surface area contributed by atoms with Gasteiger partial charge >= 0.3 is 6.18 Å². The number of carbonyl (C=O) groups is 1. The minimum Gasteiger partial charge on any atom is -0.355 e. The molecule has 2 aromatic heterocycles. The van der Waals surface area contributed by atoms with E-state index in [2.05, 4.69) is 20.4 Å². The van der Waals surface area contributed by atoms with Crippen molar-refractivity contribution in [2.24, 2.45) is 23.5 Å². The molecule has 0 aromatic carbocycles. The Kier molecular flexibility index (Phi) is 6.32. The van der Waals surface area contributed by atoms with E-state index in [9.17, 15) is 26.7 Å². The number of alkyl halides is 5. The van der Waals surface area contributed by atoms with Crippen LogP contribution in [-0.2, 0) is 11.2 Å². The van der Waals surface area contributed by atoms with E-state index in [0.717, 1.165) is 12.8 Å². The number of carbonyl (C=O) groups excluding carboxylic acids is 1. The summed E-state index contributed by atoms with van der Waals surface area (Å²) in [4.78, 5) is 23.5. The second-order valence-corrected chi connectivity index (χ2v) is 10.5. The highest BCUT2D eigenvalue weighted by Gasteiger charge is 2.45. The van der Waals surface area contributed by atoms with Crippen molar-refractivity contribution in [2.45, 2.75) is 75.5 Å². The smallest absolute Gasteiger partial charge is 0.355 e. The van der Waals surface area contributed by atoms with E-state index in [0.29, 0.717) is 30.0 Å². The number of hydrogen-bond acceptors (Lipinski definition) is 6. The first-order valence-electron chi connectivity index (χ1n) is 12.4. The van der Waals surface area contributed by atoms with Crippen LogP contribution in [0.2, 0.25) is 0 Å². The maximum Gasteiger partial charge on any atom is 0.393 e. The van der Waals surface area contributed by atoms with Gasteiger partial charge in [-0.15, -0.1) is 0 Å². The van der Waals surface area contributed by atoms with Gasteiger partial charge in [0, 0.05) is 44.8 Å². The Hall–Kier alpha value is -2.57. The molecule has 0 radical (unpaired) electrons. The number of halogens is 5. The highest BCUT2D eigenvalue weighted by molar-refractivity contribution is 5.80. The third kappa shape index (κ3) is 5.12. The predicted octanol–water partition coefficient (Wildman–Crippen LogP) is 3.41. The average Bonchev–Trinajstić information content (AvgIpc) is 3.58. The standard InChI is InChI=1S/C23H30F5N7O/c1-34(15-2-3-15)19-16(9-13-8-14(23(26,27)28)10-30-20(13)36)33-35-11-17(31-21(35)32-19)18(29)12-4-6-22(24,25)7-5-12/h11-15,18H,2-10,29H2,1H3,(H,30,36)/t13-,14-,18+/m1/s1. The van der Waals surface area contributed by atoms with Crippen molar-refractivity contribution in [1.29, 1.82) is 0 Å². The van der Waals surface area contributed by atoms with Crippen LogP contribution < -0.4 is 16.0 Å². The Morgan fingerprint density at radius 3 is 2.56 bits per heavy atom. The van der Waals surface area contributed by atoms with Crippen LogP contribution in [0.1, 0.15) is 62.4 Å². The zero-order valence-electron chi connectivity index (χ0n) is 19.9. The van der Waals surface area contributed by atoms with Crippen molar-refractivity contribution in [3.05, 3.63) is 17.6 Å². The summed E-state index contributed by atoms with van der Waals surface area (Å²) in [6.07, 6.45) is -1.02. The first-order valence-corrected chi connectivity index (χ1v) is 12.4. The van der Waals surface area contributed by atoms with Crippen LogP contribution in [-0.4, -0.2) is 57.2 Å². The molecule has 3 atom stereocenters. The third-order valence-electron chi connectivity index (χ3n) is 7.79. The first-order chi connectivity index (χ1) is 16.9. The summed E-state index contributed by atoms with van der Waals surface area (Å²) in [6.45, 7) is -0.422. The summed E-state index contributed by atoms with van der Waals surface area (Å²) in [7, 11) is 1.85. The fourth-order valence-electron chi connectivity index (χ4n) is 5.30. The molecule has 0 unspecified atom stereocenters. The molecule has 3 aliphatic rings. The lowest BCUT2D eigenvalue weighted by atomic mass is 9.81. The van der Waals surface area contributed by atoms with E-state index in [4.69, 9.17) is 5.73 Å². The zero-order valence-corrected chi connectivity index (χ0v) is 19.9. The lowest BCUT2D eigenvalue weighted by molar-refractivity contribution is -0.183. The minimum atomic E-state index is -4.40. The van der Waals surface area contributed by atoms with Gasteiger partial charge in [0.05, 0.1) is 23.9 Å². The molecule has 2 aliphatic carbocycles. The van der Waals surface area contributed by atoms with E-state index < -0.39 is 42.4 Å². The van der Waals surface area contributed by atoms with Crippen molar-refractivity contribution in [3.8, 4) is 0 Å². The monoisotopic (exact) mass is 515 g/mol. The average molecular weight is 516 g/mol. The Morgan fingerprint density at radius 2 is 1.92 bits per heavy atom. The summed E-state index contributed by atoms with van der Waals surface area (Å²) in [5.41, 5.74) is 7.29. The second-order valence-electron chi connectivity index (χ2n) is 10.5. The Bertz CT molecular complexity index is 1120. The molecule has 3 N–H and O–H groups in total. The molecule has 1 saturated heterocycles. The van der Waals surface area contributed by atoms with Gasteiger partial charge < -0.3 is 16.0 Å². The summed E-state index contributed by atoms with van der Waals surface area (Å²) in [5.74, 6) is -4.98. The normalized spacial score (nSPS) is 26.1. The number of nitrogens with one attached hydrogen (secondary N) is 1. The van der Waals surface area contributed by atoms with Gasteiger partial charge in [-0.3, -0.25) is 4.79 Å². The van der Waals surface area contributed by atoms with Crippen LogP contribution >= 0.6 is 0 Å². The molecule has 1 aliphatic heterocycles. The van der Waals surface area contributed by atoms with Gasteiger partial charge in [-0.2, -0.15) is 23.3 Å². The van der Waals surface area contributed by atoms with Gasteiger partial charge in [0.15, 0.2) is 5.82 Å². The molecule has 1 amide bonds. The van der Waals surface area contributed by atoms with Crippen LogP contribution in [0.3, 0.4) is 0 Å². The van der Waals surface area contributed by atoms with Gasteiger partial charge in [0.1, 0.15) is 5.69 Å². The van der Waals surface area contributed by atoms with Crippen molar-refractivity contribution in [1.82, 2.24) is 24.9 Å². The maximum absolute atomic E-state index is 13.6. The topological polar surface area (TPSA) is 101 Å². The van der Waals surface area contributed by atoms with E-state index in [1.165, 1.54) is 4.52 Å². The van der Waals surface area contributed by atoms with E-state index in [-0.39, 0.29) is 43.4 Å². The molecule has 8 nitrogen and oxygen atoms in total. The molecule has 0 bridgehead atoms. The number of rotatable bonds is 6. The van der Waals surface area contributed by atoms with E-state index in [1.54, 1.807) is 6.20 Å². The van der Waals surface area contributed by atoms with E-state index >= 15 is 0 Å². The molecule has 2 saturated carbocycles. The summed E-state index contributed by atoms with van der Waals surface area (Å²) in [5, 5.41) is 6.99. The largest absolute Gasteiger partial charge is 0.393 e. The first kappa shape index (κ1) is 25.1.